The van der Waals surface area contributed by atoms with Gasteiger partial charge in [0.15, 0.2) is 5.78 Å². The molecule has 5 heteroatoms. The van der Waals surface area contributed by atoms with Crippen LogP contribution in [0.5, 0.6) is 0 Å². The van der Waals surface area contributed by atoms with Crippen LogP contribution in [-0.4, -0.2) is 27.5 Å². The van der Waals surface area contributed by atoms with E-state index in [1.54, 1.807) is 13.1 Å². The highest BCUT2D eigenvalue weighted by atomic mass is 16.1. The lowest BCUT2D eigenvalue weighted by atomic mass is 9.98. The first kappa shape index (κ1) is 15.6. The number of aromatic nitrogens is 3. The van der Waals surface area contributed by atoms with Crippen molar-refractivity contribution in [2.75, 3.05) is 11.4 Å². The second-order valence-corrected chi connectivity index (χ2v) is 6.48. The lowest BCUT2D eigenvalue weighted by molar-refractivity contribution is 0.101. The maximum atomic E-state index is 11.4. The van der Waals surface area contributed by atoms with Crippen molar-refractivity contribution in [3.63, 3.8) is 0 Å². The number of fused-ring (bicyclic) bond motifs is 1. The Labute approximate surface area is 146 Å². The van der Waals surface area contributed by atoms with Crippen molar-refractivity contribution in [1.29, 1.82) is 0 Å². The number of pyridine rings is 1. The van der Waals surface area contributed by atoms with Crippen molar-refractivity contribution < 1.29 is 4.79 Å². The third kappa shape index (κ3) is 2.82. The fourth-order valence-corrected chi connectivity index (χ4v) is 3.33. The van der Waals surface area contributed by atoms with Gasteiger partial charge in [-0.05, 0) is 31.5 Å². The van der Waals surface area contributed by atoms with E-state index in [0.29, 0.717) is 5.56 Å². The van der Waals surface area contributed by atoms with Crippen LogP contribution in [0.1, 0.15) is 34.1 Å². The summed E-state index contributed by atoms with van der Waals surface area (Å²) in [5, 5.41) is 7.78. The monoisotopic (exact) mass is 332 g/mol. The molecule has 25 heavy (non-hydrogen) atoms. The molecule has 1 N–H and O–H groups in total. The van der Waals surface area contributed by atoms with Crippen molar-refractivity contribution >= 4 is 11.6 Å². The number of carbonyl (C=O) groups is 1. The highest BCUT2D eigenvalue weighted by molar-refractivity contribution is 5.93. The number of benzene rings is 1. The molecule has 1 aromatic carbocycles. The largest absolute Gasteiger partial charge is 0.352 e. The summed E-state index contributed by atoms with van der Waals surface area (Å²) in [5.41, 5.74) is 6.50. The van der Waals surface area contributed by atoms with E-state index in [0.717, 1.165) is 31.0 Å². The van der Waals surface area contributed by atoms with Gasteiger partial charge in [0.1, 0.15) is 5.82 Å². The first-order valence-electron chi connectivity index (χ1n) is 8.47. The Bertz CT molecular complexity index is 927. The molecule has 0 saturated carbocycles. The fourth-order valence-electron chi connectivity index (χ4n) is 3.33. The molecule has 1 aliphatic rings. The lowest BCUT2D eigenvalue weighted by Crippen LogP contribution is -2.31. The van der Waals surface area contributed by atoms with Crippen LogP contribution in [0.2, 0.25) is 0 Å². The molecule has 2 aromatic heterocycles. The van der Waals surface area contributed by atoms with E-state index in [9.17, 15) is 4.79 Å². The zero-order valence-electron chi connectivity index (χ0n) is 14.4. The average Bonchev–Trinajstić information content (AvgIpc) is 3.05. The topological polar surface area (TPSA) is 61.9 Å². The molecule has 3 aromatic rings. The van der Waals surface area contributed by atoms with Crippen LogP contribution in [0.3, 0.4) is 0 Å². The first-order valence-corrected chi connectivity index (χ1v) is 8.47. The van der Waals surface area contributed by atoms with E-state index in [4.69, 9.17) is 0 Å². The van der Waals surface area contributed by atoms with E-state index in [2.05, 4.69) is 39.1 Å². The van der Waals surface area contributed by atoms with Crippen molar-refractivity contribution in [2.24, 2.45) is 0 Å². The molecule has 4 rings (SSSR count). The van der Waals surface area contributed by atoms with Crippen LogP contribution in [0.25, 0.3) is 11.3 Å². The number of nitrogens with one attached hydrogen (secondary N) is 1. The molecule has 0 bridgehead atoms. The highest BCUT2D eigenvalue weighted by Crippen LogP contribution is 2.31. The smallest absolute Gasteiger partial charge is 0.161 e. The Balaban J connectivity index is 1.66. The van der Waals surface area contributed by atoms with Crippen molar-refractivity contribution in [2.45, 2.75) is 26.8 Å². The minimum atomic E-state index is 0.0386. The number of rotatable bonds is 3. The number of Topliss-reactive ketones (excluding diaryl/α,β-unsaturated/α-hetero) is 1. The van der Waals surface area contributed by atoms with Gasteiger partial charge in [-0.2, -0.15) is 5.10 Å². The zero-order chi connectivity index (χ0) is 17.4. The van der Waals surface area contributed by atoms with Crippen LogP contribution in [-0.2, 0) is 13.0 Å². The fraction of sp³-hybridized carbons (Fsp3) is 0.250. The number of anilines is 1. The zero-order valence-corrected chi connectivity index (χ0v) is 14.4. The number of aromatic amines is 1. The van der Waals surface area contributed by atoms with Crippen molar-refractivity contribution in [3.8, 4) is 11.3 Å². The van der Waals surface area contributed by atoms with Gasteiger partial charge in [-0.25, -0.2) is 4.98 Å². The molecule has 0 saturated heterocycles. The molecule has 0 unspecified atom stereocenters. The molecular formula is C20H20N4O. The molecular weight excluding hydrogens is 312 g/mol. The summed E-state index contributed by atoms with van der Waals surface area (Å²) in [5.74, 6) is 0.934. The van der Waals surface area contributed by atoms with Crippen LogP contribution in [0.4, 0.5) is 5.82 Å². The second kappa shape index (κ2) is 6.16. The summed E-state index contributed by atoms with van der Waals surface area (Å²) in [6.07, 6.45) is 2.56. The summed E-state index contributed by atoms with van der Waals surface area (Å²) in [6.45, 7) is 5.32. The number of nitrogens with zero attached hydrogens (tertiary/aromatic N) is 3. The van der Waals surface area contributed by atoms with E-state index < -0.39 is 0 Å². The number of carbonyl (C=O) groups excluding carboxylic acids is 1. The van der Waals surface area contributed by atoms with Gasteiger partial charge in [0.05, 0.1) is 5.69 Å². The number of H-pyrrole nitrogens is 1. The Morgan fingerprint density at radius 1 is 1.20 bits per heavy atom. The van der Waals surface area contributed by atoms with E-state index in [-0.39, 0.29) is 5.78 Å². The van der Waals surface area contributed by atoms with E-state index in [1.165, 1.54) is 22.4 Å². The SMILES string of the molecule is CC(=O)c1ccc(N2CCc3[nH]nc(-c4ccccc4C)c3C2)nc1. The molecule has 0 amide bonds. The van der Waals surface area contributed by atoms with Gasteiger partial charge in [-0.1, -0.05) is 24.3 Å². The highest BCUT2D eigenvalue weighted by Gasteiger charge is 2.24. The third-order valence-corrected chi connectivity index (χ3v) is 4.81. The number of hydrogen-bond acceptors (Lipinski definition) is 4. The summed E-state index contributed by atoms with van der Waals surface area (Å²) in [6, 6.07) is 12.1. The first-order chi connectivity index (χ1) is 12.1. The minimum Gasteiger partial charge on any atom is -0.352 e. The quantitative estimate of drug-likeness (QED) is 0.745. The summed E-state index contributed by atoms with van der Waals surface area (Å²) in [4.78, 5) is 18.1. The summed E-state index contributed by atoms with van der Waals surface area (Å²) < 4.78 is 0. The molecule has 1 aliphatic heterocycles. The van der Waals surface area contributed by atoms with Gasteiger partial charge in [-0.15, -0.1) is 0 Å². The Morgan fingerprint density at radius 3 is 2.76 bits per heavy atom. The Morgan fingerprint density at radius 2 is 2.04 bits per heavy atom. The van der Waals surface area contributed by atoms with Gasteiger partial charge in [-0.3, -0.25) is 9.89 Å². The summed E-state index contributed by atoms with van der Waals surface area (Å²) >= 11 is 0. The second-order valence-electron chi connectivity index (χ2n) is 6.48. The average molecular weight is 332 g/mol. The number of aryl methyl sites for hydroxylation is 1. The predicted octanol–water partition coefficient (Wildman–Crippen LogP) is 3.55. The van der Waals surface area contributed by atoms with Crippen molar-refractivity contribution in [1.82, 2.24) is 15.2 Å². The predicted molar refractivity (Wildman–Crippen MR) is 97.8 cm³/mol. The van der Waals surface area contributed by atoms with Gasteiger partial charge in [0, 0.05) is 48.1 Å². The van der Waals surface area contributed by atoms with Gasteiger partial charge >= 0.3 is 0 Å². The van der Waals surface area contributed by atoms with Crippen LogP contribution in [0, 0.1) is 6.92 Å². The number of ketones is 1. The minimum absolute atomic E-state index is 0.0386. The van der Waals surface area contributed by atoms with Gasteiger partial charge < -0.3 is 4.90 Å². The van der Waals surface area contributed by atoms with Crippen LogP contribution >= 0.6 is 0 Å². The van der Waals surface area contributed by atoms with Gasteiger partial charge in [0.2, 0.25) is 0 Å². The Kier molecular flexibility index (Phi) is 3.84. The molecule has 3 heterocycles. The molecule has 0 radical (unpaired) electrons. The van der Waals surface area contributed by atoms with E-state index >= 15 is 0 Å². The van der Waals surface area contributed by atoms with Crippen molar-refractivity contribution in [3.05, 3.63) is 65.0 Å². The summed E-state index contributed by atoms with van der Waals surface area (Å²) in [7, 11) is 0. The number of hydrogen-bond donors (Lipinski definition) is 1. The standard InChI is InChI=1S/C20H20N4O/c1-13-5-3-4-6-16(13)20-17-12-24(10-9-18(17)22-23-20)19-8-7-15(11-21-19)14(2)25/h3-8,11H,9-10,12H2,1-2H3,(H,22,23). The molecule has 0 atom stereocenters. The molecule has 0 spiro atoms. The van der Waals surface area contributed by atoms with Crippen LogP contribution < -0.4 is 4.90 Å². The molecule has 0 aliphatic carbocycles. The van der Waals surface area contributed by atoms with Crippen LogP contribution in [0.15, 0.2) is 42.6 Å². The van der Waals surface area contributed by atoms with Gasteiger partial charge in [0.25, 0.3) is 0 Å². The molecule has 126 valence electrons. The maximum absolute atomic E-state index is 11.4. The lowest BCUT2D eigenvalue weighted by Gasteiger charge is -2.28. The molecule has 5 nitrogen and oxygen atoms in total. The molecule has 0 fully saturated rings. The van der Waals surface area contributed by atoms with E-state index in [1.807, 2.05) is 24.3 Å². The maximum Gasteiger partial charge on any atom is 0.161 e. The third-order valence-electron chi connectivity index (χ3n) is 4.81. The Hall–Kier alpha value is -2.95. The normalized spacial score (nSPS) is 13.6.